The van der Waals surface area contributed by atoms with E-state index in [1.807, 2.05) is 0 Å². The number of hydrogen-bond donors (Lipinski definition) is 2. The lowest BCUT2D eigenvalue weighted by molar-refractivity contribution is -0.123. The minimum absolute atomic E-state index is 0.0956. The van der Waals surface area contributed by atoms with E-state index in [0.717, 1.165) is 18.6 Å². The van der Waals surface area contributed by atoms with Crippen LogP contribution < -0.4 is 25.3 Å². The molecule has 1 aromatic carbocycles. The van der Waals surface area contributed by atoms with E-state index in [2.05, 4.69) is 5.32 Å². The molecule has 0 unspecified atom stereocenters. The monoisotopic (exact) mass is 264 g/mol. The van der Waals surface area contributed by atoms with Gasteiger partial charge in [-0.3, -0.25) is 4.79 Å². The molecule has 1 aliphatic heterocycles. The normalized spacial score (nSPS) is 17.9. The van der Waals surface area contributed by atoms with Gasteiger partial charge in [-0.1, -0.05) is 0 Å². The number of amides is 1. The van der Waals surface area contributed by atoms with Gasteiger partial charge >= 0.3 is 0 Å². The van der Waals surface area contributed by atoms with Crippen molar-refractivity contribution in [2.75, 3.05) is 19.9 Å². The second kappa shape index (κ2) is 4.62. The van der Waals surface area contributed by atoms with Crippen molar-refractivity contribution in [2.24, 2.45) is 5.73 Å². The van der Waals surface area contributed by atoms with Crippen molar-refractivity contribution in [1.29, 1.82) is 0 Å². The van der Waals surface area contributed by atoms with E-state index >= 15 is 0 Å². The molecule has 2 aliphatic rings. The van der Waals surface area contributed by atoms with Gasteiger partial charge in [0.1, 0.15) is 12.4 Å². The van der Waals surface area contributed by atoms with Crippen LogP contribution in [-0.4, -0.2) is 31.4 Å². The molecule has 1 amide bonds. The van der Waals surface area contributed by atoms with Crippen LogP contribution in [0.3, 0.4) is 0 Å². The quantitative estimate of drug-likeness (QED) is 0.752. The second-order valence-electron chi connectivity index (χ2n) is 4.78. The number of hydrogen-bond acceptors (Lipinski definition) is 5. The van der Waals surface area contributed by atoms with Crippen LogP contribution >= 0.6 is 0 Å². The first-order valence-electron chi connectivity index (χ1n) is 6.27. The molecule has 3 N–H and O–H groups in total. The van der Waals surface area contributed by atoms with E-state index < -0.39 is 5.54 Å². The number of rotatable bonds is 5. The molecule has 6 heteroatoms. The first kappa shape index (κ1) is 12.1. The zero-order valence-electron chi connectivity index (χ0n) is 10.5. The number of carbonyl (C=O) groups is 1. The van der Waals surface area contributed by atoms with E-state index in [4.69, 9.17) is 19.9 Å². The summed E-state index contributed by atoms with van der Waals surface area (Å²) < 4.78 is 16.0. The fraction of sp³-hybridized carbons (Fsp3) is 0.462. The maximum atomic E-state index is 11.6. The molecule has 6 nitrogen and oxygen atoms in total. The van der Waals surface area contributed by atoms with Crippen molar-refractivity contribution in [1.82, 2.24) is 5.32 Å². The van der Waals surface area contributed by atoms with Gasteiger partial charge in [0.15, 0.2) is 11.5 Å². The predicted octanol–water partition coefficient (Wildman–Crippen LogP) is 0.402. The van der Waals surface area contributed by atoms with Crippen LogP contribution in [0.15, 0.2) is 18.2 Å². The van der Waals surface area contributed by atoms with Crippen molar-refractivity contribution < 1.29 is 19.0 Å². The van der Waals surface area contributed by atoms with Crippen LogP contribution in [0, 0.1) is 0 Å². The van der Waals surface area contributed by atoms with Gasteiger partial charge in [0.25, 0.3) is 0 Å². The Morgan fingerprint density at radius 3 is 2.95 bits per heavy atom. The summed E-state index contributed by atoms with van der Waals surface area (Å²) in [5.74, 6) is 1.99. The number of benzene rings is 1. The molecule has 0 bridgehead atoms. The second-order valence-corrected chi connectivity index (χ2v) is 4.78. The number of carbonyl (C=O) groups excluding carboxylic acids is 1. The largest absolute Gasteiger partial charge is 0.492 e. The molecule has 0 aromatic heterocycles. The number of nitrogens with two attached hydrogens (primary N) is 1. The topological polar surface area (TPSA) is 82.8 Å². The van der Waals surface area contributed by atoms with E-state index in [-0.39, 0.29) is 12.7 Å². The van der Waals surface area contributed by atoms with Gasteiger partial charge in [0.2, 0.25) is 12.7 Å². The molecule has 19 heavy (non-hydrogen) atoms. The fourth-order valence-corrected chi connectivity index (χ4v) is 1.84. The standard InChI is InChI=1S/C13H16N2O4/c14-13(3-4-13)12(16)15-5-6-17-9-1-2-10-11(7-9)19-8-18-10/h1-2,7H,3-6,8,14H2,(H,15,16). The summed E-state index contributed by atoms with van der Waals surface area (Å²) in [4.78, 5) is 11.6. The summed E-state index contributed by atoms with van der Waals surface area (Å²) in [7, 11) is 0. The molecule has 1 aromatic rings. The zero-order chi connectivity index (χ0) is 13.3. The van der Waals surface area contributed by atoms with Gasteiger partial charge < -0.3 is 25.3 Å². The smallest absolute Gasteiger partial charge is 0.240 e. The molecule has 0 saturated heterocycles. The Morgan fingerprint density at radius 2 is 2.16 bits per heavy atom. The SMILES string of the molecule is NC1(C(=O)NCCOc2ccc3c(c2)OCO3)CC1. The Labute approximate surface area is 110 Å². The highest BCUT2D eigenvalue weighted by molar-refractivity contribution is 5.88. The van der Waals surface area contributed by atoms with Crippen molar-refractivity contribution in [3.8, 4) is 17.2 Å². The van der Waals surface area contributed by atoms with Gasteiger partial charge in [-0.2, -0.15) is 0 Å². The van der Waals surface area contributed by atoms with Gasteiger partial charge in [-0.25, -0.2) is 0 Å². The summed E-state index contributed by atoms with van der Waals surface area (Å²) in [6.45, 7) is 1.07. The van der Waals surface area contributed by atoms with Crippen LogP contribution in [-0.2, 0) is 4.79 Å². The third-order valence-electron chi connectivity index (χ3n) is 3.24. The number of fused-ring (bicyclic) bond motifs is 1. The maximum absolute atomic E-state index is 11.6. The Morgan fingerprint density at radius 1 is 1.37 bits per heavy atom. The summed E-state index contributed by atoms with van der Waals surface area (Å²) in [6.07, 6.45) is 1.53. The van der Waals surface area contributed by atoms with Crippen molar-refractivity contribution in [2.45, 2.75) is 18.4 Å². The van der Waals surface area contributed by atoms with E-state index in [0.29, 0.717) is 24.7 Å². The third-order valence-corrected chi connectivity index (χ3v) is 3.24. The summed E-state index contributed by atoms with van der Waals surface area (Å²) in [5.41, 5.74) is 5.14. The Hall–Kier alpha value is -1.95. The first-order chi connectivity index (χ1) is 9.17. The molecular weight excluding hydrogens is 248 g/mol. The summed E-state index contributed by atoms with van der Waals surface area (Å²) in [6, 6.07) is 5.38. The summed E-state index contributed by atoms with van der Waals surface area (Å²) in [5, 5.41) is 2.76. The molecule has 1 fully saturated rings. The molecular formula is C13H16N2O4. The minimum Gasteiger partial charge on any atom is -0.492 e. The molecule has 1 saturated carbocycles. The fourth-order valence-electron chi connectivity index (χ4n) is 1.84. The van der Waals surface area contributed by atoms with Crippen LogP contribution in [0.25, 0.3) is 0 Å². The molecule has 3 rings (SSSR count). The van der Waals surface area contributed by atoms with Gasteiger partial charge in [0, 0.05) is 6.07 Å². The zero-order valence-corrected chi connectivity index (χ0v) is 10.5. The lowest BCUT2D eigenvalue weighted by Crippen LogP contribution is -2.44. The first-order valence-corrected chi connectivity index (χ1v) is 6.27. The van der Waals surface area contributed by atoms with Crippen LogP contribution in [0.1, 0.15) is 12.8 Å². The Bertz CT molecular complexity index is 499. The highest BCUT2D eigenvalue weighted by Crippen LogP contribution is 2.35. The lowest BCUT2D eigenvalue weighted by atomic mass is 10.3. The van der Waals surface area contributed by atoms with Crippen molar-refractivity contribution >= 4 is 5.91 Å². The number of nitrogens with one attached hydrogen (secondary N) is 1. The van der Waals surface area contributed by atoms with Crippen molar-refractivity contribution in [3.05, 3.63) is 18.2 Å². The van der Waals surface area contributed by atoms with Gasteiger partial charge in [-0.05, 0) is 25.0 Å². The average molecular weight is 264 g/mol. The predicted molar refractivity (Wildman–Crippen MR) is 67.2 cm³/mol. The molecule has 0 radical (unpaired) electrons. The van der Waals surface area contributed by atoms with Crippen LogP contribution in [0.2, 0.25) is 0 Å². The van der Waals surface area contributed by atoms with E-state index in [1.165, 1.54) is 0 Å². The van der Waals surface area contributed by atoms with Gasteiger partial charge in [0.05, 0.1) is 12.1 Å². The molecule has 1 aliphatic carbocycles. The van der Waals surface area contributed by atoms with E-state index in [1.54, 1.807) is 18.2 Å². The highest BCUT2D eigenvalue weighted by atomic mass is 16.7. The van der Waals surface area contributed by atoms with Crippen molar-refractivity contribution in [3.63, 3.8) is 0 Å². The van der Waals surface area contributed by atoms with Crippen LogP contribution in [0.5, 0.6) is 17.2 Å². The van der Waals surface area contributed by atoms with E-state index in [9.17, 15) is 4.79 Å². The molecule has 1 heterocycles. The Kier molecular flexibility index (Phi) is 2.94. The molecule has 102 valence electrons. The maximum Gasteiger partial charge on any atom is 0.240 e. The Balaban J connectivity index is 1.44. The van der Waals surface area contributed by atoms with Crippen LogP contribution in [0.4, 0.5) is 0 Å². The minimum atomic E-state index is -0.626. The third kappa shape index (κ3) is 2.58. The summed E-state index contributed by atoms with van der Waals surface area (Å²) >= 11 is 0. The lowest BCUT2D eigenvalue weighted by Gasteiger charge is -2.11. The molecule has 0 atom stereocenters. The highest BCUT2D eigenvalue weighted by Gasteiger charge is 2.45. The average Bonchev–Trinajstić information content (AvgIpc) is 3.00. The van der Waals surface area contributed by atoms with Gasteiger partial charge in [-0.15, -0.1) is 0 Å². The number of ether oxygens (including phenoxy) is 3. The molecule has 0 spiro atoms.